The second-order valence-corrected chi connectivity index (χ2v) is 3.30. The van der Waals surface area contributed by atoms with Crippen molar-refractivity contribution >= 4 is 11.7 Å². The van der Waals surface area contributed by atoms with E-state index in [1.165, 1.54) is 18.2 Å². The van der Waals surface area contributed by atoms with Gasteiger partial charge in [-0.15, -0.1) is 0 Å². The number of alkyl halides is 2. The van der Waals surface area contributed by atoms with E-state index >= 15 is 0 Å². The minimum absolute atomic E-state index is 0.114. The van der Waals surface area contributed by atoms with Crippen molar-refractivity contribution in [1.82, 2.24) is 5.32 Å². The molecule has 0 fully saturated rings. The maximum atomic E-state index is 13.1. The molecule has 94 valence electrons. The van der Waals surface area contributed by atoms with Crippen LogP contribution in [-0.4, -0.2) is 30.2 Å². The van der Waals surface area contributed by atoms with E-state index in [9.17, 15) is 18.0 Å². The Morgan fingerprint density at radius 2 is 2.00 bits per heavy atom. The van der Waals surface area contributed by atoms with Gasteiger partial charge in [0.05, 0.1) is 12.2 Å². The van der Waals surface area contributed by atoms with E-state index < -0.39 is 30.9 Å². The molecule has 0 saturated carbocycles. The lowest BCUT2D eigenvalue weighted by molar-refractivity contribution is -0.0451. The van der Waals surface area contributed by atoms with E-state index in [2.05, 4.69) is 5.32 Å². The Bertz CT molecular complexity index is 399. The van der Waals surface area contributed by atoms with E-state index in [4.69, 9.17) is 5.11 Å². The summed E-state index contributed by atoms with van der Waals surface area (Å²) in [6.45, 7) is -2.39. The van der Waals surface area contributed by atoms with Crippen LogP contribution in [0.2, 0.25) is 0 Å². The minimum atomic E-state index is -3.40. The number of hydrogen-bond acceptors (Lipinski definition) is 2. The molecule has 0 aliphatic carbocycles. The molecule has 0 radical (unpaired) electrons. The topological polar surface area (TPSA) is 61.4 Å². The van der Waals surface area contributed by atoms with Gasteiger partial charge in [-0.1, -0.05) is 12.1 Å². The van der Waals surface area contributed by atoms with Gasteiger partial charge in [0.2, 0.25) is 0 Å². The van der Waals surface area contributed by atoms with Crippen LogP contribution in [0.3, 0.4) is 0 Å². The molecule has 1 aromatic carbocycles. The number of halogens is 3. The fourth-order valence-electron chi connectivity index (χ4n) is 0.995. The molecule has 0 saturated heterocycles. The lowest BCUT2D eigenvalue weighted by Gasteiger charge is -2.14. The molecule has 2 amide bonds. The van der Waals surface area contributed by atoms with Gasteiger partial charge in [0.15, 0.2) is 0 Å². The molecule has 4 nitrogen and oxygen atoms in total. The molecule has 0 aliphatic heterocycles. The van der Waals surface area contributed by atoms with Crippen LogP contribution in [0.25, 0.3) is 0 Å². The van der Waals surface area contributed by atoms with E-state index in [1.54, 1.807) is 0 Å². The van der Waals surface area contributed by atoms with Crippen LogP contribution in [0.15, 0.2) is 24.3 Å². The van der Waals surface area contributed by atoms with Gasteiger partial charge in [-0.2, -0.15) is 0 Å². The summed E-state index contributed by atoms with van der Waals surface area (Å²) in [6.07, 6.45) is 0. The fraction of sp³-hybridized carbons (Fsp3) is 0.300. The van der Waals surface area contributed by atoms with Crippen molar-refractivity contribution in [3.05, 3.63) is 30.1 Å². The van der Waals surface area contributed by atoms with Crippen molar-refractivity contribution in [1.29, 1.82) is 0 Å². The molecular weight excluding hydrogens is 237 g/mol. The van der Waals surface area contributed by atoms with E-state index in [-0.39, 0.29) is 5.69 Å². The number of aliphatic hydroxyl groups is 1. The summed E-state index contributed by atoms with van der Waals surface area (Å²) in [5.74, 6) is -4.07. The number of aliphatic hydroxyl groups excluding tert-OH is 1. The monoisotopic (exact) mass is 248 g/mol. The number of benzene rings is 1. The number of carbonyl (C=O) groups excluding carboxylic acids is 1. The maximum absolute atomic E-state index is 13.1. The third-order valence-electron chi connectivity index (χ3n) is 1.86. The highest BCUT2D eigenvalue weighted by Crippen LogP contribution is 2.13. The van der Waals surface area contributed by atoms with Crippen molar-refractivity contribution < 1.29 is 23.1 Å². The number of anilines is 1. The van der Waals surface area contributed by atoms with Crippen LogP contribution in [0.1, 0.15) is 0 Å². The molecular formula is C10H11F3N2O2. The van der Waals surface area contributed by atoms with Gasteiger partial charge >= 0.3 is 6.03 Å². The molecule has 0 bridgehead atoms. The largest absolute Gasteiger partial charge is 0.390 e. The van der Waals surface area contributed by atoms with E-state index in [0.29, 0.717) is 0 Å². The standard InChI is InChI=1S/C10H11F3N2O2/c11-7-3-1-2-4-8(7)15-9(17)14-5-10(12,13)6-16/h1-4,16H,5-6H2,(H2,14,15,17). The van der Waals surface area contributed by atoms with Crippen LogP contribution in [0.4, 0.5) is 23.7 Å². The van der Waals surface area contributed by atoms with Gasteiger partial charge in [-0.05, 0) is 12.1 Å². The first-order chi connectivity index (χ1) is 7.94. The number of amides is 2. The first-order valence-corrected chi connectivity index (χ1v) is 4.73. The summed E-state index contributed by atoms with van der Waals surface area (Å²) < 4.78 is 38.2. The predicted octanol–water partition coefficient (Wildman–Crippen LogP) is 1.57. The number of nitrogens with one attached hydrogen (secondary N) is 2. The molecule has 1 aromatic rings. The Morgan fingerprint density at radius 3 is 2.59 bits per heavy atom. The Kier molecular flexibility index (Phi) is 4.33. The van der Waals surface area contributed by atoms with Gasteiger partial charge in [-0.3, -0.25) is 0 Å². The lowest BCUT2D eigenvalue weighted by atomic mass is 10.3. The molecule has 0 heterocycles. The van der Waals surface area contributed by atoms with Gasteiger partial charge in [0.1, 0.15) is 12.4 Å². The lowest BCUT2D eigenvalue weighted by Crippen LogP contribution is -2.41. The number of hydrogen-bond donors (Lipinski definition) is 3. The highest BCUT2D eigenvalue weighted by Gasteiger charge is 2.28. The van der Waals surface area contributed by atoms with Gasteiger partial charge in [0, 0.05) is 0 Å². The van der Waals surface area contributed by atoms with Crippen LogP contribution >= 0.6 is 0 Å². The number of rotatable bonds is 4. The average molecular weight is 248 g/mol. The quantitative estimate of drug-likeness (QED) is 0.757. The smallest absolute Gasteiger partial charge is 0.319 e. The summed E-state index contributed by atoms with van der Waals surface area (Å²) >= 11 is 0. The van der Waals surface area contributed by atoms with Crippen LogP contribution in [0.5, 0.6) is 0 Å². The Morgan fingerprint density at radius 1 is 1.35 bits per heavy atom. The van der Waals surface area contributed by atoms with Crippen molar-refractivity contribution in [3.63, 3.8) is 0 Å². The molecule has 0 atom stereocenters. The van der Waals surface area contributed by atoms with Crippen molar-refractivity contribution in [2.75, 3.05) is 18.5 Å². The summed E-state index contributed by atoms with van der Waals surface area (Å²) in [7, 11) is 0. The first kappa shape index (κ1) is 13.3. The molecule has 17 heavy (non-hydrogen) atoms. The third-order valence-corrected chi connectivity index (χ3v) is 1.86. The van der Waals surface area contributed by atoms with Crippen molar-refractivity contribution in [3.8, 4) is 0 Å². The van der Waals surface area contributed by atoms with Crippen LogP contribution < -0.4 is 10.6 Å². The minimum Gasteiger partial charge on any atom is -0.390 e. The zero-order valence-electron chi connectivity index (χ0n) is 8.71. The van der Waals surface area contributed by atoms with Gasteiger partial charge in [0.25, 0.3) is 5.92 Å². The second kappa shape index (κ2) is 5.53. The SMILES string of the molecule is O=C(NCC(F)(F)CO)Nc1ccccc1F. The fourth-order valence-corrected chi connectivity index (χ4v) is 0.995. The number of carbonyl (C=O) groups is 1. The summed E-state index contributed by atoms with van der Waals surface area (Å²) in [4.78, 5) is 11.1. The Hall–Kier alpha value is -1.76. The van der Waals surface area contributed by atoms with E-state index in [0.717, 1.165) is 6.07 Å². The molecule has 0 unspecified atom stereocenters. The second-order valence-electron chi connectivity index (χ2n) is 3.30. The van der Waals surface area contributed by atoms with E-state index in [1.807, 2.05) is 5.32 Å². The Labute approximate surface area is 95.4 Å². The molecule has 0 spiro atoms. The zero-order valence-corrected chi connectivity index (χ0v) is 8.71. The normalized spacial score (nSPS) is 11.1. The highest BCUT2D eigenvalue weighted by molar-refractivity contribution is 5.89. The highest BCUT2D eigenvalue weighted by atomic mass is 19.3. The molecule has 0 aliphatic rings. The molecule has 1 rings (SSSR count). The number of para-hydroxylation sites is 1. The first-order valence-electron chi connectivity index (χ1n) is 4.73. The van der Waals surface area contributed by atoms with Gasteiger partial charge in [-0.25, -0.2) is 18.0 Å². The summed E-state index contributed by atoms with van der Waals surface area (Å²) in [5.41, 5.74) is -0.114. The predicted molar refractivity (Wildman–Crippen MR) is 55.5 cm³/mol. The maximum Gasteiger partial charge on any atom is 0.319 e. The molecule has 3 N–H and O–H groups in total. The molecule has 7 heteroatoms. The van der Waals surface area contributed by atoms with Crippen molar-refractivity contribution in [2.45, 2.75) is 5.92 Å². The summed E-state index contributed by atoms with van der Waals surface area (Å²) in [6, 6.07) is 4.36. The average Bonchev–Trinajstić information content (AvgIpc) is 2.30. The van der Waals surface area contributed by atoms with Crippen LogP contribution in [-0.2, 0) is 0 Å². The third kappa shape index (κ3) is 4.31. The van der Waals surface area contributed by atoms with Crippen LogP contribution in [0, 0.1) is 5.82 Å². The van der Waals surface area contributed by atoms with Crippen molar-refractivity contribution in [2.24, 2.45) is 0 Å². The van der Waals surface area contributed by atoms with Gasteiger partial charge < -0.3 is 15.7 Å². The number of urea groups is 1. The Balaban J connectivity index is 2.48. The zero-order chi connectivity index (χ0) is 12.9. The molecule has 0 aromatic heterocycles. The summed E-state index contributed by atoms with van der Waals surface area (Å²) in [5, 5.41) is 12.1.